The monoisotopic (exact) mass is 332 g/mol. The number of β-amino-alcohol motifs (C(OH)–C–C–N with tert-alkyl or cyclic N) is 1. The highest BCUT2D eigenvalue weighted by Gasteiger charge is 2.45. The van der Waals surface area contributed by atoms with E-state index in [1.54, 1.807) is 42.1 Å². The molecule has 3 atom stereocenters. The molecular weight excluding hydrogens is 316 g/mol. The van der Waals surface area contributed by atoms with Gasteiger partial charge in [-0.15, -0.1) is 11.3 Å². The van der Waals surface area contributed by atoms with E-state index in [2.05, 4.69) is 4.98 Å². The maximum atomic E-state index is 12.8. The molecule has 0 saturated carbocycles. The predicted octanol–water partition coefficient (Wildman–Crippen LogP) is 1.89. The summed E-state index contributed by atoms with van der Waals surface area (Å²) in [5.74, 6) is -2.21. The molecule has 6 nitrogen and oxygen atoms in total. The normalized spacial score (nSPS) is 21.8. The van der Waals surface area contributed by atoms with Crippen LogP contribution < -0.4 is 0 Å². The highest BCUT2D eigenvalue weighted by molar-refractivity contribution is 7.07. The number of benzene rings is 1. The summed E-state index contributed by atoms with van der Waals surface area (Å²) in [7, 11) is 0. The van der Waals surface area contributed by atoms with Gasteiger partial charge in [0, 0.05) is 17.5 Å². The van der Waals surface area contributed by atoms with Crippen molar-refractivity contribution in [3.8, 4) is 0 Å². The Morgan fingerprint density at radius 2 is 2.17 bits per heavy atom. The second kappa shape index (κ2) is 6.10. The SMILES string of the molecule is C[C@H](O)CN1C(=O)c2ccccc2[C@@H](C(=O)O)[C@@H]1c1cscn1. The first-order valence-corrected chi connectivity index (χ1v) is 8.14. The van der Waals surface area contributed by atoms with Crippen LogP contribution in [0.25, 0.3) is 0 Å². The Morgan fingerprint density at radius 3 is 2.78 bits per heavy atom. The number of carbonyl (C=O) groups excluding carboxylic acids is 1. The average molecular weight is 332 g/mol. The summed E-state index contributed by atoms with van der Waals surface area (Å²) in [6.07, 6.45) is -0.764. The van der Waals surface area contributed by atoms with Crippen molar-refractivity contribution in [1.29, 1.82) is 0 Å². The number of hydrogen-bond donors (Lipinski definition) is 2. The van der Waals surface area contributed by atoms with Crippen LogP contribution in [-0.4, -0.2) is 44.6 Å². The lowest BCUT2D eigenvalue weighted by Gasteiger charge is -2.40. The van der Waals surface area contributed by atoms with E-state index in [9.17, 15) is 19.8 Å². The van der Waals surface area contributed by atoms with E-state index < -0.39 is 24.0 Å². The number of carboxylic acid groups (broad SMARTS) is 1. The van der Waals surface area contributed by atoms with Crippen LogP contribution in [0.2, 0.25) is 0 Å². The predicted molar refractivity (Wildman–Crippen MR) is 84.4 cm³/mol. The summed E-state index contributed by atoms with van der Waals surface area (Å²) in [5.41, 5.74) is 3.00. The Kier molecular flexibility index (Phi) is 4.14. The molecule has 1 aromatic carbocycles. The molecule has 0 unspecified atom stereocenters. The van der Waals surface area contributed by atoms with E-state index in [4.69, 9.17) is 0 Å². The Hall–Kier alpha value is -2.25. The Labute approximate surface area is 137 Å². The van der Waals surface area contributed by atoms with Crippen LogP contribution in [0.5, 0.6) is 0 Å². The fourth-order valence-electron chi connectivity index (χ4n) is 3.04. The summed E-state index contributed by atoms with van der Waals surface area (Å²) < 4.78 is 0. The van der Waals surface area contributed by atoms with E-state index >= 15 is 0 Å². The number of fused-ring (bicyclic) bond motifs is 1. The van der Waals surface area contributed by atoms with Gasteiger partial charge in [-0.25, -0.2) is 4.98 Å². The molecule has 23 heavy (non-hydrogen) atoms. The first-order chi connectivity index (χ1) is 11.0. The zero-order valence-electron chi connectivity index (χ0n) is 12.4. The Morgan fingerprint density at radius 1 is 1.43 bits per heavy atom. The third kappa shape index (κ3) is 2.73. The van der Waals surface area contributed by atoms with Crippen LogP contribution in [0, 0.1) is 0 Å². The molecule has 2 N–H and O–H groups in total. The van der Waals surface area contributed by atoms with E-state index in [1.165, 1.54) is 16.2 Å². The molecule has 1 aliphatic rings. The van der Waals surface area contributed by atoms with Crippen molar-refractivity contribution < 1.29 is 19.8 Å². The van der Waals surface area contributed by atoms with Gasteiger partial charge in [-0.1, -0.05) is 18.2 Å². The number of amides is 1. The molecule has 120 valence electrons. The lowest BCUT2D eigenvalue weighted by molar-refractivity contribution is -0.140. The van der Waals surface area contributed by atoms with Crippen LogP contribution >= 0.6 is 11.3 Å². The van der Waals surface area contributed by atoms with Crippen molar-refractivity contribution in [2.75, 3.05) is 6.54 Å². The van der Waals surface area contributed by atoms with Gasteiger partial charge in [-0.05, 0) is 18.6 Å². The van der Waals surface area contributed by atoms with Gasteiger partial charge >= 0.3 is 5.97 Å². The number of hydrogen-bond acceptors (Lipinski definition) is 5. The number of aliphatic carboxylic acids is 1. The van der Waals surface area contributed by atoms with Gasteiger partial charge < -0.3 is 15.1 Å². The lowest BCUT2D eigenvalue weighted by atomic mass is 9.81. The van der Waals surface area contributed by atoms with Gasteiger partial charge in [0.2, 0.25) is 0 Å². The van der Waals surface area contributed by atoms with E-state index in [-0.39, 0.29) is 12.5 Å². The van der Waals surface area contributed by atoms with Crippen molar-refractivity contribution in [2.45, 2.75) is 25.0 Å². The maximum absolute atomic E-state index is 12.8. The Bertz CT molecular complexity index is 729. The minimum absolute atomic E-state index is 0.0547. The molecule has 2 heterocycles. The molecule has 1 aromatic heterocycles. The third-order valence-corrected chi connectivity index (χ3v) is 4.52. The van der Waals surface area contributed by atoms with Crippen LogP contribution in [0.4, 0.5) is 0 Å². The molecule has 1 aliphatic heterocycles. The minimum Gasteiger partial charge on any atom is -0.481 e. The molecular formula is C16H16N2O4S. The number of rotatable bonds is 4. The first kappa shape index (κ1) is 15.6. The van der Waals surface area contributed by atoms with Gasteiger partial charge in [0.15, 0.2) is 0 Å². The number of aromatic nitrogens is 1. The van der Waals surface area contributed by atoms with Crippen LogP contribution in [0.15, 0.2) is 35.2 Å². The number of carboxylic acids is 1. The lowest BCUT2D eigenvalue weighted by Crippen LogP contribution is -2.47. The van der Waals surface area contributed by atoms with E-state index in [0.29, 0.717) is 16.8 Å². The molecule has 1 amide bonds. The van der Waals surface area contributed by atoms with Crippen molar-refractivity contribution >= 4 is 23.2 Å². The van der Waals surface area contributed by atoms with Gasteiger partial charge in [-0.2, -0.15) is 0 Å². The topological polar surface area (TPSA) is 90.7 Å². The molecule has 0 spiro atoms. The zero-order chi connectivity index (χ0) is 16.6. The number of aliphatic hydroxyl groups is 1. The highest BCUT2D eigenvalue weighted by Crippen LogP contribution is 2.42. The molecule has 7 heteroatoms. The van der Waals surface area contributed by atoms with E-state index in [1.807, 2.05) is 0 Å². The van der Waals surface area contributed by atoms with Crippen LogP contribution in [-0.2, 0) is 4.79 Å². The zero-order valence-corrected chi connectivity index (χ0v) is 13.2. The highest BCUT2D eigenvalue weighted by atomic mass is 32.1. The smallest absolute Gasteiger partial charge is 0.313 e. The van der Waals surface area contributed by atoms with Gasteiger partial charge in [0.25, 0.3) is 5.91 Å². The quantitative estimate of drug-likeness (QED) is 0.892. The van der Waals surface area contributed by atoms with Gasteiger partial charge in [0.05, 0.1) is 23.4 Å². The second-order valence-electron chi connectivity index (χ2n) is 5.57. The van der Waals surface area contributed by atoms with Crippen molar-refractivity contribution in [1.82, 2.24) is 9.88 Å². The third-order valence-electron chi connectivity index (χ3n) is 3.92. The summed E-state index contributed by atoms with van der Waals surface area (Å²) in [4.78, 5) is 30.4. The molecule has 0 fully saturated rings. The Balaban J connectivity index is 2.19. The molecule has 0 aliphatic carbocycles. The number of carbonyl (C=O) groups is 2. The van der Waals surface area contributed by atoms with Crippen molar-refractivity contribution in [3.63, 3.8) is 0 Å². The summed E-state index contributed by atoms with van der Waals surface area (Å²) in [6.45, 7) is 1.63. The summed E-state index contributed by atoms with van der Waals surface area (Å²) in [5, 5.41) is 21.3. The number of thiazole rings is 1. The number of aliphatic hydroxyl groups excluding tert-OH is 1. The van der Waals surface area contributed by atoms with Crippen LogP contribution in [0.3, 0.4) is 0 Å². The largest absolute Gasteiger partial charge is 0.481 e. The molecule has 0 bridgehead atoms. The fraction of sp³-hybridized carbons (Fsp3) is 0.312. The fourth-order valence-corrected chi connectivity index (χ4v) is 3.62. The molecule has 0 radical (unpaired) electrons. The van der Waals surface area contributed by atoms with Crippen molar-refractivity contribution in [2.24, 2.45) is 0 Å². The summed E-state index contributed by atoms with van der Waals surface area (Å²) in [6, 6.07) is 6.00. The standard InChI is InChI=1S/C16H16N2O4S/c1-9(19)6-18-14(12-7-23-8-17-12)13(16(21)22)10-4-2-3-5-11(10)15(18)20/h2-5,7-9,13-14,19H,6H2,1H3,(H,21,22)/t9-,13+,14-/m0/s1. The van der Waals surface area contributed by atoms with Crippen LogP contribution in [0.1, 0.15) is 40.5 Å². The minimum atomic E-state index is -1.02. The summed E-state index contributed by atoms with van der Waals surface area (Å²) >= 11 is 1.35. The number of nitrogens with zero attached hydrogens (tertiary/aromatic N) is 2. The molecule has 0 saturated heterocycles. The van der Waals surface area contributed by atoms with Gasteiger partial charge in [0.1, 0.15) is 5.92 Å². The second-order valence-corrected chi connectivity index (χ2v) is 6.29. The maximum Gasteiger partial charge on any atom is 0.313 e. The average Bonchev–Trinajstić information content (AvgIpc) is 3.03. The van der Waals surface area contributed by atoms with E-state index in [0.717, 1.165) is 0 Å². The molecule has 2 aromatic rings. The molecule has 3 rings (SSSR count). The first-order valence-electron chi connectivity index (χ1n) is 7.19. The van der Waals surface area contributed by atoms with Crippen molar-refractivity contribution in [3.05, 3.63) is 52.0 Å². The van der Waals surface area contributed by atoms with Gasteiger partial charge in [-0.3, -0.25) is 9.59 Å².